The summed E-state index contributed by atoms with van der Waals surface area (Å²) in [6.07, 6.45) is 0.643. The highest BCUT2D eigenvalue weighted by molar-refractivity contribution is 5.68. The van der Waals surface area contributed by atoms with Gasteiger partial charge in [-0.3, -0.25) is 9.48 Å². The zero-order valence-corrected chi connectivity index (χ0v) is 11.5. The molecule has 0 saturated carbocycles. The van der Waals surface area contributed by atoms with Crippen molar-refractivity contribution >= 4 is 5.97 Å². The van der Waals surface area contributed by atoms with E-state index >= 15 is 0 Å². The molecule has 19 heavy (non-hydrogen) atoms. The Balaban J connectivity index is 2.38. The first-order valence-corrected chi connectivity index (χ1v) is 6.30. The summed E-state index contributed by atoms with van der Waals surface area (Å²) in [5, 5.41) is 13.3. The molecule has 0 aliphatic rings. The molecule has 0 bridgehead atoms. The maximum Gasteiger partial charge on any atom is 0.303 e. The number of hydrogen-bond acceptors (Lipinski definition) is 2. The Morgan fingerprint density at radius 2 is 2.11 bits per heavy atom. The molecule has 1 N–H and O–H groups in total. The first kappa shape index (κ1) is 13.3. The quantitative estimate of drug-likeness (QED) is 0.917. The third-order valence-electron chi connectivity index (χ3n) is 3.30. The van der Waals surface area contributed by atoms with E-state index < -0.39 is 5.97 Å². The van der Waals surface area contributed by atoms with Crippen LogP contribution in [0.5, 0.6) is 0 Å². The van der Waals surface area contributed by atoms with Crippen molar-refractivity contribution in [3.63, 3.8) is 0 Å². The van der Waals surface area contributed by atoms with Gasteiger partial charge in [-0.2, -0.15) is 5.10 Å². The van der Waals surface area contributed by atoms with Gasteiger partial charge in [-0.25, -0.2) is 0 Å². The Morgan fingerprint density at radius 1 is 1.37 bits per heavy atom. The molecule has 0 unspecified atom stereocenters. The number of aryl methyl sites for hydroxylation is 2. The van der Waals surface area contributed by atoms with E-state index in [1.807, 2.05) is 39.1 Å². The highest BCUT2D eigenvalue weighted by atomic mass is 16.4. The van der Waals surface area contributed by atoms with Crippen LogP contribution in [0.3, 0.4) is 0 Å². The van der Waals surface area contributed by atoms with Gasteiger partial charge in [0.1, 0.15) is 0 Å². The van der Waals surface area contributed by atoms with Gasteiger partial charge in [-0.05, 0) is 25.5 Å². The summed E-state index contributed by atoms with van der Waals surface area (Å²) in [4.78, 5) is 10.7. The van der Waals surface area contributed by atoms with Crippen molar-refractivity contribution in [2.24, 2.45) is 7.05 Å². The standard InChI is InChI=1S/C15H18N2O2/c1-10-5-4-6-12(9-10)15-11(2)13(17(3)16-15)7-8-14(18)19/h4-6,9H,7-8H2,1-3H3,(H,18,19). The van der Waals surface area contributed by atoms with E-state index in [1.165, 1.54) is 5.56 Å². The molecule has 2 aromatic rings. The average molecular weight is 258 g/mol. The number of carbonyl (C=O) groups is 1. The van der Waals surface area contributed by atoms with Crippen LogP contribution in [0.2, 0.25) is 0 Å². The molecule has 0 atom stereocenters. The van der Waals surface area contributed by atoms with Crippen LogP contribution in [0.1, 0.15) is 23.2 Å². The molecular formula is C15H18N2O2. The van der Waals surface area contributed by atoms with E-state index in [0.717, 1.165) is 22.5 Å². The molecule has 1 aromatic carbocycles. The molecule has 100 valence electrons. The number of benzene rings is 1. The zero-order valence-electron chi connectivity index (χ0n) is 11.5. The van der Waals surface area contributed by atoms with Crippen LogP contribution >= 0.6 is 0 Å². The Bertz CT molecular complexity index is 615. The molecule has 1 heterocycles. The second kappa shape index (κ2) is 5.26. The van der Waals surface area contributed by atoms with E-state index in [2.05, 4.69) is 11.2 Å². The topological polar surface area (TPSA) is 55.1 Å². The molecule has 1 aromatic heterocycles. The first-order chi connectivity index (χ1) is 8.99. The minimum atomic E-state index is -0.780. The number of hydrogen-bond donors (Lipinski definition) is 1. The van der Waals surface area contributed by atoms with Crippen LogP contribution in [0.15, 0.2) is 24.3 Å². The van der Waals surface area contributed by atoms with Crippen molar-refractivity contribution < 1.29 is 9.90 Å². The molecule has 0 saturated heterocycles. The predicted octanol–water partition coefficient (Wildman–Crippen LogP) is 2.72. The van der Waals surface area contributed by atoms with Crippen LogP contribution in [-0.2, 0) is 18.3 Å². The van der Waals surface area contributed by atoms with Gasteiger partial charge in [-0.15, -0.1) is 0 Å². The molecule has 2 rings (SSSR count). The number of nitrogens with zero attached hydrogens (tertiary/aromatic N) is 2. The summed E-state index contributed by atoms with van der Waals surface area (Å²) < 4.78 is 1.79. The number of carboxylic acids is 1. The maximum absolute atomic E-state index is 10.7. The van der Waals surface area contributed by atoms with E-state index in [1.54, 1.807) is 4.68 Å². The fourth-order valence-corrected chi connectivity index (χ4v) is 2.31. The smallest absolute Gasteiger partial charge is 0.303 e. The van der Waals surface area contributed by atoms with Crippen LogP contribution in [0.25, 0.3) is 11.3 Å². The molecule has 4 nitrogen and oxygen atoms in total. The van der Waals surface area contributed by atoms with Gasteiger partial charge in [-0.1, -0.05) is 23.8 Å². The van der Waals surface area contributed by atoms with Crippen molar-refractivity contribution in [3.8, 4) is 11.3 Å². The molecule has 0 aliphatic carbocycles. The molecular weight excluding hydrogens is 240 g/mol. The van der Waals surface area contributed by atoms with Crippen molar-refractivity contribution in [2.75, 3.05) is 0 Å². The second-order valence-corrected chi connectivity index (χ2v) is 4.81. The summed E-state index contributed by atoms with van der Waals surface area (Å²) in [6.45, 7) is 4.05. The second-order valence-electron chi connectivity index (χ2n) is 4.81. The van der Waals surface area contributed by atoms with Gasteiger partial charge in [0.05, 0.1) is 12.1 Å². The van der Waals surface area contributed by atoms with E-state index in [9.17, 15) is 4.79 Å². The van der Waals surface area contributed by atoms with Crippen LogP contribution < -0.4 is 0 Å². The third-order valence-corrected chi connectivity index (χ3v) is 3.30. The fourth-order valence-electron chi connectivity index (χ4n) is 2.31. The fraction of sp³-hybridized carbons (Fsp3) is 0.333. The van der Waals surface area contributed by atoms with E-state index in [4.69, 9.17) is 5.11 Å². The lowest BCUT2D eigenvalue weighted by Gasteiger charge is -2.02. The molecule has 0 radical (unpaired) electrons. The summed E-state index contributed by atoms with van der Waals surface area (Å²) in [5.41, 5.74) is 5.25. The summed E-state index contributed by atoms with van der Waals surface area (Å²) in [6, 6.07) is 8.18. The monoisotopic (exact) mass is 258 g/mol. The Morgan fingerprint density at radius 3 is 2.74 bits per heavy atom. The normalized spacial score (nSPS) is 10.7. The number of carboxylic acid groups (broad SMARTS) is 1. The number of aromatic nitrogens is 2. The minimum Gasteiger partial charge on any atom is -0.481 e. The predicted molar refractivity (Wildman–Crippen MR) is 74.1 cm³/mol. The summed E-state index contributed by atoms with van der Waals surface area (Å²) >= 11 is 0. The van der Waals surface area contributed by atoms with Gasteiger partial charge < -0.3 is 5.11 Å². The van der Waals surface area contributed by atoms with Gasteiger partial charge >= 0.3 is 5.97 Å². The minimum absolute atomic E-state index is 0.133. The van der Waals surface area contributed by atoms with Gasteiger partial charge in [0, 0.05) is 24.7 Å². The highest BCUT2D eigenvalue weighted by Crippen LogP contribution is 2.25. The number of aliphatic carboxylic acids is 1. The molecule has 0 aliphatic heterocycles. The van der Waals surface area contributed by atoms with Crippen LogP contribution in [0.4, 0.5) is 0 Å². The largest absolute Gasteiger partial charge is 0.481 e. The van der Waals surface area contributed by atoms with Crippen LogP contribution in [0, 0.1) is 13.8 Å². The molecule has 0 spiro atoms. The van der Waals surface area contributed by atoms with Crippen molar-refractivity contribution in [1.29, 1.82) is 0 Å². The lowest BCUT2D eigenvalue weighted by Crippen LogP contribution is -2.03. The third kappa shape index (κ3) is 2.84. The Labute approximate surface area is 112 Å². The van der Waals surface area contributed by atoms with Crippen molar-refractivity contribution in [3.05, 3.63) is 41.1 Å². The van der Waals surface area contributed by atoms with Crippen molar-refractivity contribution in [1.82, 2.24) is 9.78 Å². The molecule has 0 amide bonds. The average Bonchev–Trinajstić information content (AvgIpc) is 2.62. The SMILES string of the molecule is Cc1cccc(-c2nn(C)c(CCC(=O)O)c2C)c1. The van der Waals surface area contributed by atoms with Crippen LogP contribution in [-0.4, -0.2) is 20.9 Å². The summed E-state index contributed by atoms with van der Waals surface area (Å²) in [5.74, 6) is -0.780. The first-order valence-electron chi connectivity index (χ1n) is 6.30. The highest BCUT2D eigenvalue weighted by Gasteiger charge is 2.14. The van der Waals surface area contributed by atoms with Gasteiger partial charge in [0.2, 0.25) is 0 Å². The summed E-state index contributed by atoms with van der Waals surface area (Å²) in [7, 11) is 1.86. The van der Waals surface area contributed by atoms with Gasteiger partial charge in [0.25, 0.3) is 0 Å². The maximum atomic E-state index is 10.7. The Kier molecular flexibility index (Phi) is 3.69. The van der Waals surface area contributed by atoms with E-state index in [-0.39, 0.29) is 6.42 Å². The lowest BCUT2D eigenvalue weighted by atomic mass is 10.0. The molecule has 4 heteroatoms. The van der Waals surface area contributed by atoms with Gasteiger partial charge in [0.15, 0.2) is 0 Å². The zero-order chi connectivity index (χ0) is 14.0. The molecule has 0 fully saturated rings. The Hall–Kier alpha value is -2.10. The van der Waals surface area contributed by atoms with Crippen molar-refractivity contribution in [2.45, 2.75) is 26.7 Å². The lowest BCUT2D eigenvalue weighted by molar-refractivity contribution is -0.136. The number of rotatable bonds is 4. The van der Waals surface area contributed by atoms with E-state index in [0.29, 0.717) is 6.42 Å².